The number of anilines is 2. The summed E-state index contributed by atoms with van der Waals surface area (Å²) < 4.78 is 0.813. The van der Waals surface area contributed by atoms with E-state index in [0.717, 1.165) is 47.9 Å². The lowest BCUT2D eigenvalue weighted by atomic mass is 10.2. The first kappa shape index (κ1) is 19.1. The van der Waals surface area contributed by atoms with Gasteiger partial charge in [0.2, 0.25) is 11.0 Å². The number of piperazine rings is 1. The maximum Gasteiger partial charge on any atom is 0.235 e. The number of hydrogen-bond donors (Lipinski definition) is 1. The van der Waals surface area contributed by atoms with Gasteiger partial charge in [0.15, 0.2) is 4.34 Å². The largest absolute Gasteiger partial charge is 0.339 e. The fraction of sp³-hybridized carbons (Fsp3) is 0.500. The molecule has 2 aromatic rings. The molecule has 1 unspecified atom stereocenters. The van der Waals surface area contributed by atoms with Gasteiger partial charge in [-0.15, -0.1) is 10.2 Å². The predicted molar refractivity (Wildman–Crippen MR) is 108 cm³/mol. The average molecular weight is 392 g/mol. The van der Waals surface area contributed by atoms with Crippen molar-refractivity contribution < 1.29 is 4.79 Å². The summed E-state index contributed by atoms with van der Waals surface area (Å²) in [7, 11) is 0. The van der Waals surface area contributed by atoms with E-state index in [0.29, 0.717) is 0 Å². The van der Waals surface area contributed by atoms with Gasteiger partial charge >= 0.3 is 0 Å². The van der Waals surface area contributed by atoms with Crippen molar-refractivity contribution in [2.45, 2.75) is 30.4 Å². The fourth-order valence-electron chi connectivity index (χ4n) is 2.81. The fourth-order valence-corrected chi connectivity index (χ4v) is 4.81. The van der Waals surface area contributed by atoms with E-state index in [2.05, 4.69) is 46.4 Å². The molecule has 0 aliphatic carbocycles. The van der Waals surface area contributed by atoms with Crippen LogP contribution in [-0.2, 0) is 4.79 Å². The zero-order valence-electron chi connectivity index (χ0n) is 15.4. The summed E-state index contributed by atoms with van der Waals surface area (Å²) in [5.41, 5.74) is 2.21. The Bertz CT molecular complexity index is 725. The van der Waals surface area contributed by atoms with Crippen molar-refractivity contribution in [1.29, 1.82) is 0 Å². The quantitative estimate of drug-likeness (QED) is 0.763. The highest BCUT2D eigenvalue weighted by atomic mass is 32.2. The number of hydrogen-bond acceptors (Lipinski definition) is 7. The molecule has 1 aromatic carbocycles. The van der Waals surface area contributed by atoms with E-state index in [-0.39, 0.29) is 11.2 Å². The predicted octanol–water partition coefficient (Wildman–Crippen LogP) is 3.23. The van der Waals surface area contributed by atoms with Gasteiger partial charge < -0.3 is 15.1 Å². The number of amides is 1. The van der Waals surface area contributed by atoms with Crippen LogP contribution in [0.5, 0.6) is 0 Å². The van der Waals surface area contributed by atoms with Gasteiger partial charge in [0.25, 0.3) is 0 Å². The Kier molecular flexibility index (Phi) is 6.50. The number of benzene rings is 1. The number of aromatic nitrogens is 2. The molecule has 1 atom stereocenters. The Morgan fingerprint density at radius 3 is 2.58 bits per heavy atom. The monoisotopic (exact) mass is 391 g/mol. The first-order valence-corrected chi connectivity index (χ1v) is 10.6. The van der Waals surface area contributed by atoms with Crippen LogP contribution < -0.4 is 5.32 Å². The molecule has 140 valence electrons. The number of rotatable bonds is 6. The molecule has 0 saturated carbocycles. The molecule has 3 rings (SSSR count). The number of likely N-dealkylation sites (N-methyl/N-ethyl adjacent to an activating group) is 1. The molecule has 1 saturated heterocycles. The normalized spacial score (nSPS) is 16.5. The lowest BCUT2D eigenvalue weighted by Gasteiger charge is -2.35. The maximum absolute atomic E-state index is 12.7. The Morgan fingerprint density at radius 2 is 1.92 bits per heavy atom. The molecule has 0 radical (unpaired) electrons. The van der Waals surface area contributed by atoms with Gasteiger partial charge in [0, 0.05) is 31.9 Å². The van der Waals surface area contributed by atoms with E-state index in [9.17, 15) is 4.79 Å². The first-order valence-electron chi connectivity index (χ1n) is 8.90. The highest BCUT2D eigenvalue weighted by molar-refractivity contribution is 8.02. The van der Waals surface area contributed by atoms with E-state index in [1.807, 2.05) is 24.0 Å². The SMILES string of the molecule is CCN1CCN(C(=O)C(C)Sc2nnc(Nc3ccc(C)cc3)s2)CC1. The van der Waals surface area contributed by atoms with Gasteiger partial charge in [-0.05, 0) is 32.5 Å². The Hall–Kier alpha value is -1.64. The van der Waals surface area contributed by atoms with Crippen molar-refractivity contribution in [2.24, 2.45) is 0 Å². The minimum Gasteiger partial charge on any atom is -0.339 e. The highest BCUT2D eigenvalue weighted by Gasteiger charge is 2.25. The molecule has 1 fully saturated rings. The zero-order valence-corrected chi connectivity index (χ0v) is 17.1. The molecule has 0 bridgehead atoms. The number of aryl methyl sites for hydroxylation is 1. The summed E-state index contributed by atoms with van der Waals surface area (Å²) in [5, 5.41) is 12.3. The van der Waals surface area contributed by atoms with E-state index < -0.39 is 0 Å². The zero-order chi connectivity index (χ0) is 18.5. The van der Waals surface area contributed by atoms with Gasteiger partial charge in [0.05, 0.1) is 5.25 Å². The van der Waals surface area contributed by atoms with Gasteiger partial charge in [-0.25, -0.2) is 0 Å². The second-order valence-electron chi connectivity index (χ2n) is 6.38. The molecule has 1 aliphatic heterocycles. The number of nitrogens with zero attached hydrogens (tertiary/aromatic N) is 4. The lowest BCUT2D eigenvalue weighted by molar-refractivity contribution is -0.132. The summed E-state index contributed by atoms with van der Waals surface area (Å²) in [6, 6.07) is 8.15. The molecule has 8 heteroatoms. The van der Waals surface area contributed by atoms with Crippen molar-refractivity contribution in [3.8, 4) is 0 Å². The third kappa shape index (κ3) is 4.96. The van der Waals surface area contributed by atoms with Crippen LogP contribution in [0.1, 0.15) is 19.4 Å². The van der Waals surface area contributed by atoms with Crippen molar-refractivity contribution >= 4 is 39.8 Å². The summed E-state index contributed by atoms with van der Waals surface area (Å²) >= 11 is 2.96. The van der Waals surface area contributed by atoms with Crippen LogP contribution in [-0.4, -0.2) is 63.9 Å². The van der Waals surface area contributed by atoms with E-state index in [1.165, 1.54) is 28.7 Å². The third-order valence-electron chi connectivity index (χ3n) is 4.47. The van der Waals surface area contributed by atoms with Gasteiger partial charge in [-0.3, -0.25) is 4.79 Å². The number of carbonyl (C=O) groups excluding carboxylic acids is 1. The standard InChI is InChI=1S/C18H25N5OS2/c1-4-22-9-11-23(12-10-22)16(24)14(3)25-18-21-20-17(26-18)19-15-7-5-13(2)6-8-15/h5-8,14H,4,9-12H2,1-3H3,(H,19,20). The van der Waals surface area contributed by atoms with Crippen molar-refractivity contribution in [3.05, 3.63) is 29.8 Å². The minimum absolute atomic E-state index is 0.150. The van der Waals surface area contributed by atoms with E-state index in [4.69, 9.17) is 0 Å². The summed E-state index contributed by atoms with van der Waals surface area (Å²) in [6.45, 7) is 10.8. The molecule has 1 N–H and O–H groups in total. The second-order valence-corrected chi connectivity index (χ2v) is 8.95. The summed E-state index contributed by atoms with van der Waals surface area (Å²) in [4.78, 5) is 17.0. The highest BCUT2D eigenvalue weighted by Crippen LogP contribution is 2.31. The number of thioether (sulfide) groups is 1. The van der Waals surface area contributed by atoms with Crippen molar-refractivity contribution in [2.75, 3.05) is 38.0 Å². The van der Waals surface area contributed by atoms with Crippen LogP contribution >= 0.6 is 23.1 Å². The molecule has 1 aromatic heterocycles. The second kappa shape index (κ2) is 8.83. The van der Waals surface area contributed by atoms with Crippen molar-refractivity contribution in [1.82, 2.24) is 20.0 Å². The number of nitrogens with one attached hydrogen (secondary N) is 1. The van der Waals surface area contributed by atoms with Crippen LogP contribution in [0.2, 0.25) is 0 Å². The molecule has 6 nitrogen and oxygen atoms in total. The summed E-state index contributed by atoms with van der Waals surface area (Å²) in [6.07, 6.45) is 0. The average Bonchev–Trinajstić information content (AvgIpc) is 3.10. The van der Waals surface area contributed by atoms with Gasteiger partial charge in [-0.1, -0.05) is 47.7 Å². The van der Waals surface area contributed by atoms with Gasteiger partial charge in [-0.2, -0.15) is 0 Å². The summed E-state index contributed by atoms with van der Waals surface area (Å²) in [5.74, 6) is 0.189. The van der Waals surface area contributed by atoms with E-state index in [1.54, 1.807) is 0 Å². The molecule has 26 heavy (non-hydrogen) atoms. The molecule has 1 aliphatic rings. The first-order chi connectivity index (χ1) is 12.5. The lowest BCUT2D eigenvalue weighted by Crippen LogP contribution is -2.50. The molecular weight excluding hydrogens is 366 g/mol. The topological polar surface area (TPSA) is 61.4 Å². The number of carbonyl (C=O) groups is 1. The van der Waals surface area contributed by atoms with Crippen LogP contribution in [0.15, 0.2) is 28.6 Å². The molecule has 2 heterocycles. The smallest absolute Gasteiger partial charge is 0.235 e. The Labute approximate surface area is 163 Å². The van der Waals surface area contributed by atoms with Crippen LogP contribution in [0, 0.1) is 6.92 Å². The molecule has 0 spiro atoms. The van der Waals surface area contributed by atoms with E-state index >= 15 is 0 Å². The van der Waals surface area contributed by atoms with Crippen LogP contribution in [0.4, 0.5) is 10.8 Å². The van der Waals surface area contributed by atoms with Crippen LogP contribution in [0.25, 0.3) is 0 Å². The Morgan fingerprint density at radius 1 is 1.23 bits per heavy atom. The molecule has 1 amide bonds. The maximum atomic E-state index is 12.7. The van der Waals surface area contributed by atoms with Gasteiger partial charge in [0.1, 0.15) is 0 Å². The third-order valence-corrected chi connectivity index (χ3v) is 6.48. The molecular formula is C18H25N5OS2. The Balaban J connectivity index is 1.53. The van der Waals surface area contributed by atoms with Crippen LogP contribution in [0.3, 0.4) is 0 Å². The van der Waals surface area contributed by atoms with Crippen molar-refractivity contribution in [3.63, 3.8) is 0 Å². The minimum atomic E-state index is -0.150.